The predicted molar refractivity (Wildman–Crippen MR) is 162 cm³/mol. The molecule has 4 aromatic carbocycles. The molecule has 0 aliphatic carbocycles. The second kappa shape index (κ2) is 10.3. The van der Waals surface area contributed by atoms with Gasteiger partial charge in [-0.2, -0.15) is 5.10 Å². The number of hydrogen-bond donors (Lipinski definition) is 0. The standard InChI is InChI=1S/C35H32N4O/c1-35(2,3)33-31(25-13-7-5-8-14-25)32(26-15-9-6-10-16-26)37-39(33)28-18-12-20-30(24-28)40-29-19-11-17-27(23-29)34-36-21-22-38(34)4/h5-24H,1-4H3. The van der Waals surface area contributed by atoms with Gasteiger partial charge in [0, 0.05) is 47.6 Å². The molecule has 0 spiro atoms. The van der Waals surface area contributed by atoms with Gasteiger partial charge < -0.3 is 9.30 Å². The summed E-state index contributed by atoms with van der Waals surface area (Å²) in [6, 6.07) is 37.1. The highest BCUT2D eigenvalue weighted by Gasteiger charge is 2.29. The Labute approximate surface area is 235 Å². The Morgan fingerprint density at radius 3 is 1.95 bits per heavy atom. The van der Waals surface area contributed by atoms with Gasteiger partial charge in [0.15, 0.2) is 0 Å². The number of ether oxygens (including phenoxy) is 1. The van der Waals surface area contributed by atoms with Gasteiger partial charge in [0.05, 0.1) is 11.4 Å². The van der Waals surface area contributed by atoms with Crippen LogP contribution in [0.15, 0.2) is 122 Å². The highest BCUT2D eigenvalue weighted by molar-refractivity contribution is 5.84. The van der Waals surface area contributed by atoms with E-state index in [0.29, 0.717) is 0 Å². The number of hydrogen-bond acceptors (Lipinski definition) is 3. The van der Waals surface area contributed by atoms with Crippen LogP contribution in [0.2, 0.25) is 0 Å². The minimum atomic E-state index is -0.182. The average molecular weight is 525 g/mol. The molecule has 0 amide bonds. The van der Waals surface area contributed by atoms with Crippen LogP contribution in [-0.2, 0) is 12.5 Å². The molecule has 0 saturated carbocycles. The SMILES string of the molecule is Cn1ccnc1-c1cccc(Oc2cccc(-n3nc(-c4ccccc4)c(-c4ccccc4)c3C(C)(C)C)c2)c1. The highest BCUT2D eigenvalue weighted by Crippen LogP contribution is 2.41. The topological polar surface area (TPSA) is 44.9 Å². The molecule has 0 aliphatic heterocycles. The summed E-state index contributed by atoms with van der Waals surface area (Å²) < 4.78 is 10.5. The average Bonchev–Trinajstić information content (AvgIpc) is 3.59. The molecule has 0 aliphatic rings. The summed E-state index contributed by atoms with van der Waals surface area (Å²) in [5.74, 6) is 2.39. The summed E-state index contributed by atoms with van der Waals surface area (Å²) in [5, 5.41) is 5.25. The largest absolute Gasteiger partial charge is 0.457 e. The summed E-state index contributed by atoms with van der Waals surface area (Å²) in [7, 11) is 1.99. The van der Waals surface area contributed by atoms with E-state index in [9.17, 15) is 0 Å². The molecule has 40 heavy (non-hydrogen) atoms. The van der Waals surface area contributed by atoms with Gasteiger partial charge in [0.25, 0.3) is 0 Å². The Hall–Kier alpha value is -4.90. The second-order valence-electron chi connectivity index (χ2n) is 11.0. The lowest BCUT2D eigenvalue weighted by Crippen LogP contribution is -2.18. The van der Waals surface area contributed by atoms with Crippen molar-refractivity contribution in [1.82, 2.24) is 19.3 Å². The molecule has 0 saturated heterocycles. The van der Waals surface area contributed by atoms with Crippen molar-refractivity contribution < 1.29 is 4.74 Å². The summed E-state index contributed by atoms with van der Waals surface area (Å²) in [5.41, 5.74) is 7.26. The van der Waals surface area contributed by atoms with Gasteiger partial charge in [-0.3, -0.25) is 0 Å². The number of rotatable bonds is 6. The first-order chi connectivity index (χ1) is 19.4. The smallest absolute Gasteiger partial charge is 0.139 e. The Balaban J connectivity index is 1.46. The van der Waals surface area contributed by atoms with E-state index in [0.717, 1.165) is 56.7 Å². The zero-order valence-electron chi connectivity index (χ0n) is 23.2. The van der Waals surface area contributed by atoms with E-state index >= 15 is 0 Å². The van der Waals surface area contributed by atoms with Crippen LogP contribution in [0.4, 0.5) is 0 Å². The molecular weight excluding hydrogens is 492 g/mol. The first kappa shape index (κ1) is 25.4. The van der Waals surface area contributed by atoms with Crippen molar-refractivity contribution in [2.75, 3.05) is 0 Å². The van der Waals surface area contributed by atoms with Crippen LogP contribution in [0.5, 0.6) is 11.5 Å². The lowest BCUT2D eigenvalue weighted by atomic mass is 9.85. The van der Waals surface area contributed by atoms with E-state index in [-0.39, 0.29) is 5.41 Å². The summed E-state index contributed by atoms with van der Waals surface area (Å²) in [6.45, 7) is 6.72. The molecule has 2 heterocycles. The lowest BCUT2D eigenvalue weighted by Gasteiger charge is -2.23. The van der Waals surface area contributed by atoms with Gasteiger partial charge in [0.2, 0.25) is 0 Å². The molecule has 0 fully saturated rings. The molecule has 0 bridgehead atoms. The summed E-state index contributed by atoms with van der Waals surface area (Å²) in [4.78, 5) is 4.48. The molecule has 0 atom stereocenters. The van der Waals surface area contributed by atoms with Crippen LogP contribution >= 0.6 is 0 Å². The third-order valence-electron chi connectivity index (χ3n) is 6.92. The lowest BCUT2D eigenvalue weighted by molar-refractivity contribution is 0.481. The molecule has 0 unspecified atom stereocenters. The predicted octanol–water partition coefficient (Wildman–Crippen LogP) is 8.70. The molecule has 5 heteroatoms. The molecule has 6 rings (SSSR count). The van der Waals surface area contributed by atoms with Crippen LogP contribution < -0.4 is 4.74 Å². The van der Waals surface area contributed by atoms with Crippen LogP contribution in [0.3, 0.4) is 0 Å². The van der Waals surface area contributed by atoms with E-state index in [2.05, 4.69) is 97.2 Å². The third kappa shape index (κ3) is 4.94. The van der Waals surface area contributed by atoms with E-state index in [1.54, 1.807) is 6.20 Å². The fourth-order valence-corrected chi connectivity index (χ4v) is 5.13. The van der Waals surface area contributed by atoms with Crippen molar-refractivity contribution in [3.8, 4) is 51.0 Å². The minimum Gasteiger partial charge on any atom is -0.457 e. The highest BCUT2D eigenvalue weighted by atomic mass is 16.5. The molecule has 0 N–H and O–H groups in total. The zero-order chi connectivity index (χ0) is 27.7. The molecule has 0 radical (unpaired) electrons. The van der Waals surface area contributed by atoms with Crippen molar-refractivity contribution in [3.63, 3.8) is 0 Å². The quantitative estimate of drug-likeness (QED) is 0.219. The summed E-state index contributed by atoms with van der Waals surface area (Å²) in [6.07, 6.45) is 3.74. The van der Waals surface area contributed by atoms with Gasteiger partial charge in [0.1, 0.15) is 23.0 Å². The Bertz CT molecular complexity index is 1760. The molecule has 2 aromatic heterocycles. The normalized spacial score (nSPS) is 11.5. The van der Waals surface area contributed by atoms with Crippen molar-refractivity contribution in [2.24, 2.45) is 7.05 Å². The maximum atomic E-state index is 6.37. The maximum Gasteiger partial charge on any atom is 0.139 e. The van der Waals surface area contributed by atoms with Crippen molar-refractivity contribution in [2.45, 2.75) is 26.2 Å². The van der Waals surface area contributed by atoms with Crippen LogP contribution in [0, 0.1) is 0 Å². The van der Waals surface area contributed by atoms with Crippen molar-refractivity contribution in [3.05, 3.63) is 127 Å². The van der Waals surface area contributed by atoms with E-state index in [4.69, 9.17) is 9.84 Å². The van der Waals surface area contributed by atoms with Crippen LogP contribution in [0.25, 0.3) is 39.5 Å². The Morgan fingerprint density at radius 2 is 1.30 bits per heavy atom. The molecule has 6 aromatic rings. The third-order valence-corrected chi connectivity index (χ3v) is 6.92. The van der Waals surface area contributed by atoms with Crippen LogP contribution in [-0.4, -0.2) is 19.3 Å². The van der Waals surface area contributed by atoms with Crippen molar-refractivity contribution >= 4 is 0 Å². The van der Waals surface area contributed by atoms with Gasteiger partial charge in [-0.15, -0.1) is 0 Å². The number of aryl methyl sites for hydroxylation is 1. The zero-order valence-corrected chi connectivity index (χ0v) is 23.2. The molecular formula is C35H32N4O. The minimum absolute atomic E-state index is 0.182. The first-order valence-corrected chi connectivity index (χ1v) is 13.5. The van der Waals surface area contributed by atoms with E-state index < -0.39 is 0 Å². The van der Waals surface area contributed by atoms with Gasteiger partial charge in [-0.25, -0.2) is 9.67 Å². The molecule has 5 nitrogen and oxygen atoms in total. The molecule has 198 valence electrons. The van der Waals surface area contributed by atoms with Gasteiger partial charge in [-0.1, -0.05) is 99.6 Å². The number of aromatic nitrogens is 4. The fourth-order valence-electron chi connectivity index (χ4n) is 5.13. The maximum absolute atomic E-state index is 6.37. The van der Waals surface area contributed by atoms with Gasteiger partial charge in [-0.05, 0) is 29.8 Å². The van der Waals surface area contributed by atoms with E-state index in [1.807, 2.05) is 60.3 Å². The number of imidazole rings is 1. The summed E-state index contributed by atoms with van der Waals surface area (Å²) >= 11 is 0. The van der Waals surface area contributed by atoms with E-state index in [1.165, 1.54) is 0 Å². The number of nitrogens with zero attached hydrogens (tertiary/aromatic N) is 4. The number of benzene rings is 4. The first-order valence-electron chi connectivity index (χ1n) is 13.5. The Morgan fingerprint density at radius 1 is 0.675 bits per heavy atom. The second-order valence-corrected chi connectivity index (χ2v) is 11.0. The van der Waals surface area contributed by atoms with Crippen molar-refractivity contribution in [1.29, 1.82) is 0 Å². The fraction of sp³-hybridized carbons (Fsp3) is 0.143. The Kier molecular flexibility index (Phi) is 6.56. The monoisotopic (exact) mass is 524 g/mol. The van der Waals surface area contributed by atoms with Crippen LogP contribution in [0.1, 0.15) is 26.5 Å². The van der Waals surface area contributed by atoms with Gasteiger partial charge >= 0.3 is 0 Å².